The third-order valence-electron chi connectivity index (χ3n) is 4.25. The van der Waals surface area contributed by atoms with Gasteiger partial charge in [0.1, 0.15) is 0 Å². The van der Waals surface area contributed by atoms with Gasteiger partial charge in [0.05, 0.1) is 5.56 Å². The Balaban J connectivity index is 1.59. The number of ether oxygens (including phenoxy) is 1. The molecule has 1 fully saturated rings. The van der Waals surface area contributed by atoms with E-state index in [1.54, 1.807) is 34.7 Å². The van der Waals surface area contributed by atoms with E-state index < -0.39 is 18.0 Å². The summed E-state index contributed by atoms with van der Waals surface area (Å²) in [5.74, 6) is -1.40. The normalized spacial score (nSPS) is 12.7. The minimum absolute atomic E-state index is 0.0658. The van der Waals surface area contributed by atoms with Gasteiger partial charge in [0, 0.05) is 36.1 Å². The Morgan fingerprint density at radius 2 is 1.75 bits per heavy atom. The van der Waals surface area contributed by atoms with Crippen molar-refractivity contribution in [2.75, 3.05) is 19.6 Å². The summed E-state index contributed by atoms with van der Waals surface area (Å²) in [6.45, 7) is 3.23. The Kier molecular flexibility index (Phi) is 6.05. The second-order valence-corrected chi connectivity index (χ2v) is 6.86. The minimum atomic E-state index is -0.975. The first kappa shape index (κ1) is 19.6. The average molecular weight is 401 g/mol. The zero-order valence-corrected chi connectivity index (χ0v) is 16.0. The molecule has 1 aromatic heterocycles. The molecule has 0 bridgehead atoms. The molecule has 28 heavy (non-hydrogen) atoms. The molecule has 3 amide bonds. The molecule has 2 aromatic rings. The van der Waals surface area contributed by atoms with Crippen LogP contribution in [-0.2, 0) is 4.74 Å². The highest BCUT2D eigenvalue weighted by Gasteiger charge is 2.23. The number of nitrogens with zero attached hydrogens (tertiary/aromatic N) is 2. The highest BCUT2D eigenvalue weighted by atomic mass is 32.1. The largest absolute Gasteiger partial charge is 0.436 e. The molecular formula is C19H19N3O5S. The molecule has 0 aliphatic carbocycles. The first-order chi connectivity index (χ1) is 13.5. The fourth-order valence-corrected chi connectivity index (χ4v) is 3.11. The van der Waals surface area contributed by atoms with Gasteiger partial charge >= 0.3 is 12.1 Å². The Morgan fingerprint density at radius 3 is 2.29 bits per heavy atom. The first-order valence-corrected chi connectivity index (χ1v) is 9.70. The summed E-state index contributed by atoms with van der Waals surface area (Å²) >= 11 is 1.30. The van der Waals surface area contributed by atoms with Gasteiger partial charge in [-0.25, -0.2) is 14.6 Å². The van der Waals surface area contributed by atoms with Gasteiger partial charge in [-0.3, -0.25) is 15.0 Å². The van der Waals surface area contributed by atoms with Gasteiger partial charge in [0.25, 0.3) is 11.8 Å². The fourth-order valence-electron chi connectivity index (χ4n) is 2.48. The van der Waals surface area contributed by atoms with Gasteiger partial charge in [-0.05, 0) is 49.1 Å². The zero-order valence-electron chi connectivity index (χ0n) is 15.2. The Morgan fingerprint density at radius 1 is 1.07 bits per heavy atom. The number of thiophene rings is 1. The maximum Gasteiger partial charge on any atom is 0.436 e. The van der Waals surface area contributed by atoms with E-state index in [4.69, 9.17) is 4.74 Å². The summed E-state index contributed by atoms with van der Waals surface area (Å²) in [7, 11) is 0. The van der Waals surface area contributed by atoms with Gasteiger partial charge in [-0.1, -0.05) is 0 Å². The van der Waals surface area contributed by atoms with Crippen molar-refractivity contribution in [3.8, 4) is 0 Å². The molecule has 1 saturated heterocycles. The number of likely N-dealkylation sites (tertiary alicyclic amines) is 1. The Bertz CT molecular complexity index is 875. The van der Waals surface area contributed by atoms with Crippen molar-refractivity contribution in [1.82, 2.24) is 15.3 Å². The van der Waals surface area contributed by atoms with Crippen LogP contribution in [-0.4, -0.2) is 53.4 Å². The number of carbonyl (C=O) groups is 4. The average Bonchev–Trinajstić information content (AvgIpc) is 3.19. The van der Waals surface area contributed by atoms with E-state index in [0.29, 0.717) is 5.56 Å². The zero-order chi connectivity index (χ0) is 20.1. The molecule has 9 heteroatoms. The number of benzene rings is 1. The number of hydrogen-bond acceptors (Lipinski definition) is 6. The number of amides is 3. The topological polar surface area (TPSA) is 96.0 Å². The lowest BCUT2D eigenvalue weighted by atomic mass is 10.1. The molecular weight excluding hydrogens is 382 g/mol. The Labute approximate surface area is 165 Å². The van der Waals surface area contributed by atoms with Crippen LogP contribution < -0.4 is 5.43 Å². The number of rotatable bonds is 4. The van der Waals surface area contributed by atoms with Gasteiger partial charge < -0.3 is 9.64 Å². The lowest BCUT2D eigenvalue weighted by Crippen LogP contribution is -2.46. The Hall–Kier alpha value is -3.20. The van der Waals surface area contributed by atoms with E-state index in [2.05, 4.69) is 5.43 Å². The van der Waals surface area contributed by atoms with Gasteiger partial charge in [0.15, 0.2) is 0 Å². The summed E-state index contributed by atoms with van der Waals surface area (Å²) in [6.07, 6.45) is 0.0287. The summed E-state index contributed by atoms with van der Waals surface area (Å²) in [5.41, 5.74) is 3.45. The number of hydrazine groups is 1. The van der Waals surface area contributed by atoms with Crippen molar-refractivity contribution in [2.24, 2.45) is 0 Å². The summed E-state index contributed by atoms with van der Waals surface area (Å²) in [4.78, 5) is 50.2. The van der Waals surface area contributed by atoms with Crippen molar-refractivity contribution >= 4 is 35.2 Å². The smallest absolute Gasteiger partial charge is 0.371 e. The second-order valence-electron chi connectivity index (χ2n) is 6.08. The molecule has 1 aliphatic rings. The molecule has 1 aliphatic heterocycles. The van der Waals surface area contributed by atoms with Gasteiger partial charge in [-0.15, -0.1) is 0 Å². The lowest BCUT2D eigenvalue weighted by molar-refractivity contribution is 0.0471. The van der Waals surface area contributed by atoms with E-state index in [9.17, 15) is 19.2 Å². The second kappa shape index (κ2) is 8.66. The van der Waals surface area contributed by atoms with E-state index in [0.717, 1.165) is 24.5 Å². The van der Waals surface area contributed by atoms with Gasteiger partial charge in [-0.2, -0.15) is 11.3 Å². The molecule has 1 aromatic carbocycles. The molecule has 0 spiro atoms. The van der Waals surface area contributed by atoms with Crippen LogP contribution in [0.3, 0.4) is 0 Å². The van der Waals surface area contributed by atoms with E-state index in [-0.39, 0.29) is 23.6 Å². The van der Waals surface area contributed by atoms with Crippen LogP contribution in [0.4, 0.5) is 4.79 Å². The molecule has 1 N–H and O–H groups in total. The maximum atomic E-state index is 12.4. The van der Waals surface area contributed by atoms with Crippen molar-refractivity contribution in [3.05, 3.63) is 57.8 Å². The summed E-state index contributed by atoms with van der Waals surface area (Å²) in [6, 6.07) is 7.71. The molecule has 0 saturated carbocycles. The van der Waals surface area contributed by atoms with Crippen molar-refractivity contribution in [2.45, 2.75) is 13.3 Å². The van der Waals surface area contributed by atoms with Crippen LogP contribution in [0, 0.1) is 0 Å². The van der Waals surface area contributed by atoms with Crippen LogP contribution in [0.25, 0.3) is 0 Å². The van der Waals surface area contributed by atoms with Crippen LogP contribution >= 0.6 is 11.3 Å². The molecule has 146 valence electrons. The van der Waals surface area contributed by atoms with Crippen molar-refractivity contribution in [3.63, 3.8) is 0 Å². The number of esters is 1. The molecule has 0 radical (unpaired) electrons. The van der Waals surface area contributed by atoms with Gasteiger partial charge in [0.2, 0.25) is 0 Å². The SMILES string of the molecule is CCN(NC(=O)c1ccc(C(=O)N2CCC2)cc1)C(=O)OC(=O)c1ccsc1. The van der Waals surface area contributed by atoms with E-state index in [1.807, 2.05) is 0 Å². The van der Waals surface area contributed by atoms with Crippen LogP contribution in [0.15, 0.2) is 41.1 Å². The molecule has 0 atom stereocenters. The molecule has 2 heterocycles. The summed E-state index contributed by atoms with van der Waals surface area (Å²) in [5, 5.41) is 4.16. The standard InChI is InChI=1S/C19H19N3O5S/c1-2-22(19(26)27-18(25)15-8-11-28-12-15)20-16(23)13-4-6-14(7-5-13)17(24)21-9-3-10-21/h4-8,11-12H,2-3,9-10H2,1H3,(H,20,23). The highest BCUT2D eigenvalue weighted by Crippen LogP contribution is 2.13. The third kappa shape index (κ3) is 4.37. The van der Waals surface area contributed by atoms with Crippen molar-refractivity contribution < 1.29 is 23.9 Å². The molecule has 0 unspecified atom stereocenters. The maximum absolute atomic E-state index is 12.4. The first-order valence-electron chi connectivity index (χ1n) is 8.75. The van der Waals surface area contributed by atoms with Crippen LogP contribution in [0.5, 0.6) is 0 Å². The van der Waals surface area contributed by atoms with Crippen LogP contribution in [0.2, 0.25) is 0 Å². The van der Waals surface area contributed by atoms with Crippen LogP contribution in [0.1, 0.15) is 44.4 Å². The predicted octanol–water partition coefficient (Wildman–Crippen LogP) is 2.54. The predicted molar refractivity (Wildman–Crippen MR) is 102 cm³/mol. The fraction of sp³-hybridized carbons (Fsp3) is 0.263. The number of hydrogen-bond donors (Lipinski definition) is 1. The molecule has 8 nitrogen and oxygen atoms in total. The van der Waals surface area contributed by atoms with Crippen molar-refractivity contribution in [1.29, 1.82) is 0 Å². The highest BCUT2D eigenvalue weighted by molar-refractivity contribution is 7.08. The molecule has 3 rings (SSSR count). The lowest BCUT2D eigenvalue weighted by Gasteiger charge is -2.30. The monoisotopic (exact) mass is 401 g/mol. The third-order valence-corrected chi connectivity index (χ3v) is 4.93. The summed E-state index contributed by atoms with van der Waals surface area (Å²) < 4.78 is 4.77. The minimum Gasteiger partial charge on any atom is -0.371 e. The number of carbonyl (C=O) groups excluding carboxylic acids is 4. The quantitative estimate of drug-likeness (QED) is 0.483. The van der Waals surface area contributed by atoms with E-state index >= 15 is 0 Å². The number of nitrogens with one attached hydrogen (secondary N) is 1. The van der Waals surface area contributed by atoms with E-state index in [1.165, 1.54) is 29.5 Å².